The van der Waals surface area contributed by atoms with Gasteiger partial charge >= 0.3 is 0 Å². The number of fused-ring (bicyclic) bond motifs is 1. The van der Waals surface area contributed by atoms with Gasteiger partial charge in [-0.2, -0.15) is 10.1 Å². The molecule has 4 N–H and O–H groups in total. The van der Waals surface area contributed by atoms with Crippen LogP contribution in [0.4, 0.5) is 17.3 Å². The third-order valence-corrected chi connectivity index (χ3v) is 3.48. The van der Waals surface area contributed by atoms with Crippen molar-refractivity contribution in [3.63, 3.8) is 0 Å². The van der Waals surface area contributed by atoms with Crippen LogP contribution < -0.4 is 15.8 Å². The van der Waals surface area contributed by atoms with E-state index in [0.717, 1.165) is 28.9 Å². The van der Waals surface area contributed by atoms with Gasteiger partial charge in [-0.3, -0.25) is 0 Å². The van der Waals surface area contributed by atoms with Crippen LogP contribution >= 0.6 is 0 Å². The van der Waals surface area contributed by atoms with Crippen molar-refractivity contribution in [2.24, 2.45) is 5.11 Å². The Morgan fingerprint density at radius 1 is 1.39 bits per heavy atom. The lowest BCUT2D eigenvalue weighted by Gasteiger charge is -2.10. The second kappa shape index (κ2) is 5.91. The first-order valence-corrected chi connectivity index (χ1v) is 7.12. The molecule has 0 radical (unpaired) electrons. The number of rotatable bonds is 5. The van der Waals surface area contributed by atoms with Crippen LogP contribution in [0.1, 0.15) is 6.92 Å². The van der Waals surface area contributed by atoms with Gasteiger partial charge in [-0.05, 0) is 30.7 Å². The highest BCUT2D eigenvalue weighted by Gasteiger charge is 2.15. The number of nitrogen functional groups attached to an aromatic ring is 1. The van der Waals surface area contributed by atoms with E-state index >= 15 is 0 Å². The van der Waals surface area contributed by atoms with E-state index in [1.807, 2.05) is 25.1 Å². The molecule has 8 heteroatoms. The van der Waals surface area contributed by atoms with Gasteiger partial charge in [0.2, 0.25) is 11.8 Å². The van der Waals surface area contributed by atoms with Gasteiger partial charge in [0.15, 0.2) is 0 Å². The van der Waals surface area contributed by atoms with Crippen molar-refractivity contribution in [1.82, 2.24) is 14.6 Å². The van der Waals surface area contributed by atoms with Crippen molar-refractivity contribution in [3.05, 3.63) is 30.5 Å². The third-order valence-electron chi connectivity index (χ3n) is 3.48. The molecule has 0 aliphatic rings. The summed E-state index contributed by atoms with van der Waals surface area (Å²) in [7, 11) is 1.55. The van der Waals surface area contributed by atoms with Crippen molar-refractivity contribution < 1.29 is 4.74 Å². The summed E-state index contributed by atoms with van der Waals surface area (Å²) in [4.78, 5) is 4.13. The molecule has 3 rings (SSSR count). The maximum Gasteiger partial charge on any atom is 0.243 e. The average Bonchev–Trinajstić information content (AvgIpc) is 2.98. The average molecular weight is 311 g/mol. The number of benzene rings is 1. The Hall–Kier alpha value is -3.16. The molecule has 0 aliphatic carbocycles. The van der Waals surface area contributed by atoms with E-state index in [9.17, 15) is 0 Å². The molecular formula is C15H17N7O. The highest BCUT2D eigenvalue weighted by atomic mass is 16.5. The molecule has 118 valence electrons. The predicted molar refractivity (Wildman–Crippen MR) is 88.4 cm³/mol. The van der Waals surface area contributed by atoms with E-state index in [0.29, 0.717) is 11.6 Å². The molecule has 0 saturated carbocycles. The fraction of sp³-hybridized carbons (Fsp3) is 0.200. The molecule has 23 heavy (non-hydrogen) atoms. The van der Waals surface area contributed by atoms with Gasteiger partial charge in [-0.15, -0.1) is 5.10 Å². The minimum atomic E-state index is 0.146. The first-order valence-electron chi connectivity index (χ1n) is 7.12. The molecule has 0 bridgehead atoms. The quantitative estimate of drug-likeness (QED) is 0.626. The number of nitrogens with zero attached hydrogens (tertiary/aromatic N) is 4. The van der Waals surface area contributed by atoms with Gasteiger partial charge < -0.3 is 15.8 Å². The Morgan fingerprint density at radius 2 is 2.22 bits per heavy atom. The summed E-state index contributed by atoms with van der Waals surface area (Å²) in [6.07, 6.45) is 1.81. The summed E-state index contributed by atoms with van der Waals surface area (Å²) in [6, 6.07) is 7.57. The van der Waals surface area contributed by atoms with Gasteiger partial charge in [0.05, 0.1) is 12.8 Å². The zero-order valence-corrected chi connectivity index (χ0v) is 12.9. The Labute approximate surface area is 132 Å². The number of nitrogens with one attached hydrogen (secondary N) is 2. The van der Waals surface area contributed by atoms with Gasteiger partial charge in [0.1, 0.15) is 11.2 Å². The summed E-state index contributed by atoms with van der Waals surface area (Å²) in [5.41, 5.74) is 16.9. The molecule has 0 unspecified atom stereocenters. The summed E-state index contributed by atoms with van der Waals surface area (Å²) < 4.78 is 6.98. The molecule has 0 aliphatic heterocycles. The smallest absolute Gasteiger partial charge is 0.243 e. The van der Waals surface area contributed by atoms with Gasteiger partial charge in [-0.25, -0.2) is 10.0 Å². The van der Waals surface area contributed by atoms with Crippen LogP contribution in [0.2, 0.25) is 0 Å². The van der Waals surface area contributed by atoms with E-state index in [4.69, 9.17) is 16.0 Å². The Bertz CT molecular complexity index is 872. The van der Waals surface area contributed by atoms with E-state index in [2.05, 4.69) is 20.5 Å². The van der Waals surface area contributed by atoms with Gasteiger partial charge in [-0.1, -0.05) is 6.07 Å². The SMILES string of the molecule is CCNc1cc(-c2ccn3nc(N)nc(OC)c23)ccc1N=N. The standard InChI is InChI=1S/C15H17N7O/c1-3-18-12-8-9(4-5-11(12)20-17)10-6-7-22-13(10)14(23-2)19-15(16)21-22/h4-8,17-18H,3H2,1-2H3,(H2,16,21). The van der Waals surface area contributed by atoms with Crippen LogP contribution in [0.5, 0.6) is 5.88 Å². The summed E-state index contributed by atoms with van der Waals surface area (Å²) in [6.45, 7) is 2.74. The van der Waals surface area contributed by atoms with E-state index in [1.54, 1.807) is 23.9 Å². The van der Waals surface area contributed by atoms with Crippen molar-refractivity contribution in [2.45, 2.75) is 6.92 Å². The van der Waals surface area contributed by atoms with Crippen LogP contribution in [0.25, 0.3) is 16.6 Å². The van der Waals surface area contributed by atoms with Crippen molar-refractivity contribution in [2.75, 3.05) is 24.7 Å². The molecule has 2 heterocycles. The maximum atomic E-state index is 7.25. The van der Waals surface area contributed by atoms with Crippen LogP contribution in [0, 0.1) is 5.53 Å². The summed E-state index contributed by atoms with van der Waals surface area (Å²) in [5, 5.41) is 10.9. The van der Waals surface area contributed by atoms with Crippen molar-refractivity contribution in [3.8, 4) is 17.0 Å². The first kappa shape index (κ1) is 14.8. The van der Waals surface area contributed by atoms with E-state index < -0.39 is 0 Å². The molecule has 8 nitrogen and oxygen atoms in total. The largest absolute Gasteiger partial charge is 0.479 e. The zero-order valence-electron chi connectivity index (χ0n) is 12.9. The molecule has 2 aromatic heterocycles. The minimum absolute atomic E-state index is 0.146. The molecule has 0 atom stereocenters. The van der Waals surface area contributed by atoms with Gasteiger partial charge in [0, 0.05) is 18.3 Å². The van der Waals surface area contributed by atoms with Gasteiger partial charge in [0.25, 0.3) is 0 Å². The molecular weight excluding hydrogens is 294 g/mol. The third kappa shape index (κ3) is 2.54. The van der Waals surface area contributed by atoms with Crippen molar-refractivity contribution in [1.29, 1.82) is 5.53 Å². The topological polar surface area (TPSA) is 114 Å². The molecule has 0 spiro atoms. The maximum absolute atomic E-state index is 7.25. The molecule has 0 fully saturated rings. The minimum Gasteiger partial charge on any atom is -0.479 e. The monoisotopic (exact) mass is 311 g/mol. The van der Waals surface area contributed by atoms with E-state index in [-0.39, 0.29) is 5.95 Å². The lowest BCUT2D eigenvalue weighted by Crippen LogP contribution is -2.03. The Morgan fingerprint density at radius 3 is 2.91 bits per heavy atom. The van der Waals surface area contributed by atoms with E-state index in [1.165, 1.54) is 0 Å². The predicted octanol–water partition coefficient (Wildman–Crippen LogP) is 3.08. The fourth-order valence-corrected chi connectivity index (χ4v) is 2.52. The van der Waals surface area contributed by atoms with Crippen molar-refractivity contribution >= 4 is 22.8 Å². The number of nitrogens with two attached hydrogens (primary N) is 1. The zero-order chi connectivity index (χ0) is 16.4. The highest BCUT2D eigenvalue weighted by Crippen LogP contribution is 2.35. The highest BCUT2D eigenvalue weighted by molar-refractivity contribution is 5.87. The van der Waals surface area contributed by atoms with Crippen LogP contribution in [0.3, 0.4) is 0 Å². The molecule has 0 saturated heterocycles. The molecule has 3 aromatic rings. The number of methoxy groups -OCH3 is 1. The van der Waals surface area contributed by atoms with Crippen LogP contribution in [0.15, 0.2) is 35.6 Å². The molecule has 1 aromatic carbocycles. The summed E-state index contributed by atoms with van der Waals surface area (Å²) >= 11 is 0. The van der Waals surface area contributed by atoms with Crippen LogP contribution in [-0.4, -0.2) is 28.3 Å². The lowest BCUT2D eigenvalue weighted by atomic mass is 10.1. The Kier molecular flexibility index (Phi) is 3.80. The fourth-order valence-electron chi connectivity index (χ4n) is 2.52. The Balaban J connectivity index is 2.21. The normalized spacial score (nSPS) is 10.7. The first-order chi connectivity index (χ1) is 11.2. The number of ether oxygens (including phenoxy) is 1. The number of anilines is 2. The lowest BCUT2D eigenvalue weighted by molar-refractivity contribution is 0.400. The van der Waals surface area contributed by atoms with Crippen LogP contribution in [-0.2, 0) is 0 Å². The number of hydrogen-bond acceptors (Lipinski definition) is 7. The second-order valence-corrected chi connectivity index (χ2v) is 4.88. The summed E-state index contributed by atoms with van der Waals surface area (Å²) in [5.74, 6) is 0.560. The number of hydrogen-bond donors (Lipinski definition) is 3. The number of aromatic nitrogens is 3. The second-order valence-electron chi connectivity index (χ2n) is 4.88. The molecule has 0 amide bonds.